The maximum Gasteiger partial charge on any atom is 0.408 e. The van der Waals surface area contributed by atoms with Gasteiger partial charge in [0, 0.05) is 16.6 Å². The normalized spacial score (nSPS) is 33.2. The molecule has 4 N–H and O–H groups in total. The lowest BCUT2D eigenvalue weighted by Crippen LogP contribution is -2.70. The van der Waals surface area contributed by atoms with Crippen molar-refractivity contribution in [3.63, 3.8) is 0 Å². The smallest absolute Gasteiger partial charge is 0.408 e. The molecule has 190 valence electrons. The van der Waals surface area contributed by atoms with Gasteiger partial charge in [-0.25, -0.2) is 9.59 Å². The van der Waals surface area contributed by atoms with E-state index in [2.05, 4.69) is 20.5 Å². The second-order valence-corrected chi connectivity index (χ2v) is 13.6. The van der Waals surface area contributed by atoms with Crippen molar-refractivity contribution in [1.82, 2.24) is 20.5 Å². The topological polar surface area (TPSA) is 154 Å². The van der Waals surface area contributed by atoms with Crippen molar-refractivity contribution in [2.45, 2.75) is 83.9 Å². The lowest BCUT2D eigenvalue weighted by molar-refractivity contribution is -0.160. The van der Waals surface area contributed by atoms with Gasteiger partial charge >= 0.3 is 18.0 Å². The second-order valence-electron chi connectivity index (χ2n) is 12.4. The van der Waals surface area contributed by atoms with Gasteiger partial charge in [-0.1, -0.05) is 53.3 Å². The lowest BCUT2D eigenvalue weighted by atomic mass is 9.57. The summed E-state index contributed by atoms with van der Waals surface area (Å²) < 4.78 is 5.50. The third-order valence-electron chi connectivity index (χ3n) is 7.19. The van der Waals surface area contributed by atoms with Crippen molar-refractivity contribution in [1.29, 1.82) is 0 Å². The van der Waals surface area contributed by atoms with Crippen molar-refractivity contribution < 1.29 is 29.3 Å². The largest absolute Gasteiger partial charge is 0.481 e. The van der Waals surface area contributed by atoms with Gasteiger partial charge in [0.1, 0.15) is 11.9 Å². The summed E-state index contributed by atoms with van der Waals surface area (Å²) in [5.74, 6) is -4.50. The number of alkyl carbamates (subject to hydrolysis) is 1. The first kappa shape index (κ1) is 26.3. The molecule has 6 atom stereocenters. The number of carboxylic acid groups (broad SMARTS) is 2. The fourth-order valence-electron chi connectivity index (χ4n) is 6.66. The molecule has 1 aromatic heterocycles. The zero-order valence-electron chi connectivity index (χ0n) is 21.2. The predicted molar refractivity (Wildman–Crippen MR) is 125 cm³/mol. The Morgan fingerprint density at radius 2 is 1.68 bits per heavy atom. The fourth-order valence-corrected chi connectivity index (χ4v) is 8.40. The highest BCUT2D eigenvalue weighted by molar-refractivity contribution is 7.99. The number of hydrogen-bond donors (Lipinski definition) is 4. The summed E-state index contributed by atoms with van der Waals surface area (Å²) in [6.07, 6.45) is 0.540. The molecule has 1 unspecified atom stereocenters. The van der Waals surface area contributed by atoms with E-state index in [1.165, 1.54) is 18.1 Å². The number of aromatic nitrogens is 3. The van der Waals surface area contributed by atoms with Crippen LogP contribution in [0.3, 0.4) is 0 Å². The number of nitrogens with zero attached hydrogens (tertiary/aromatic N) is 2. The summed E-state index contributed by atoms with van der Waals surface area (Å²) in [6.45, 7) is 16.4. The average Bonchev–Trinajstić information content (AvgIpc) is 2.95. The van der Waals surface area contributed by atoms with Gasteiger partial charge in [-0.15, -0.1) is 10.2 Å². The van der Waals surface area contributed by atoms with E-state index >= 15 is 0 Å². The van der Waals surface area contributed by atoms with Gasteiger partial charge in [-0.2, -0.15) is 0 Å². The van der Waals surface area contributed by atoms with Crippen LogP contribution < -0.4 is 5.32 Å². The van der Waals surface area contributed by atoms with Crippen LogP contribution in [0.15, 0.2) is 11.5 Å². The van der Waals surface area contributed by atoms with Crippen molar-refractivity contribution in [2.24, 2.45) is 34.0 Å². The molecule has 2 saturated carbocycles. The summed E-state index contributed by atoms with van der Waals surface area (Å²) in [5.41, 5.74) is -5.45. The van der Waals surface area contributed by atoms with Crippen LogP contribution in [0.4, 0.5) is 4.79 Å². The molecular weight excluding hydrogens is 460 g/mol. The van der Waals surface area contributed by atoms with Crippen LogP contribution in [0.2, 0.25) is 0 Å². The number of hydrogen-bond acceptors (Lipinski definition) is 7. The summed E-state index contributed by atoms with van der Waals surface area (Å²) in [7, 11) is 0. The molecule has 1 amide bonds. The molecule has 10 nitrogen and oxygen atoms in total. The minimum Gasteiger partial charge on any atom is -0.481 e. The van der Waals surface area contributed by atoms with Gasteiger partial charge in [-0.3, -0.25) is 4.79 Å². The molecule has 0 spiro atoms. The van der Waals surface area contributed by atoms with Gasteiger partial charge < -0.3 is 25.3 Å². The molecule has 3 rings (SSSR count). The average molecular weight is 497 g/mol. The van der Waals surface area contributed by atoms with E-state index in [1.807, 2.05) is 41.5 Å². The van der Waals surface area contributed by atoms with E-state index in [9.17, 15) is 24.6 Å². The predicted octanol–water partition coefficient (Wildman–Crippen LogP) is 3.65. The molecule has 11 heteroatoms. The summed E-state index contributed by atoms with van der Waals surface area (Å²) in [5, 5.41) is 31.8. The highest BCUT2D eigenvalue weighted by Gasteiger charge is 2.92. The third kappa shape index (κ3) is 3.76. The quantitative estimate of drug-likeness (QED) is 0.478. The van der Waals surface area contributed by atoms with Crippen molar-refractivity contribution >= 4 is 29.8 Å². The number of H-pyrrole nitrogens is 1. The minimum absolute atomic E-state index is 0.469. The fraction of sp³-hybridized carbons (Fsp3) is 0.783. The van der Waals surface area contributed by atoms with E-state index in [4.69, 9.17) is 4.74 Å². The molecular formula is C23H36N4O6S. The summed E-state index contributed by atoms with van der Waals surface area (Å²) in [4.78, 5) is 42.0. The first-order valence-electron chi connectivity index (χ1n) is 11.3. The van der Waals surface area contributed by atoms with Gasteiger partial charge in [0.2, 0.25) is 0 Å². The number of thioether (sulfide) groups is 1. The number of amides is 1. The number of carbonyl (C=O) groups is 3. The Hall–Kier alpha value is -2.30. The Kier molecular flexibility index (Phi) is 6.08. The zero-order valence-corrected chi connectivity index (χ0v) is 22.0. The molecule has 0 saturated heterocycles. The van der Waals surface area contributed by atoms with E-state index < -0.39 is 68.4 Å². The van der Waals surface area contributed by atoms with Gasteiger partial charge in [0.15, 0.2) is 10.7 Å². The third-order valence-corrected chi connectivity index (χ3v) is 8.45. The van der Waals surface area contributed by atoms with Gasteiger partial charge in [0.25, 0.3) is 0 Å². The number of fused-ring (bicyclic) bond motifs is 1. The number of carbonyl (C=O) groups excluding carboxylic acids is 1. The minimum atomic E-state index is -1.91. The van der Waals surface area contributed by atoms with Crippen LogP contribution in [0.5, 0.6) is 0 Å². The van der Waals surface area contributed by atoms with E-state index in [1.54, 1.807) is 20.8 Å². The molecule has 0 aromatic carbocycles. The Labute approximate surface area is 204 Å². The number of ether oxygens (including phenoxy) is 1. The summed E-state index contributed by atoms with van der Waals surface area (Å²) >= 11 is 1.29. The Morgan fingerprint density at radius 3 is 2.06 bits per heavy atom. The van der Waals surface area contributed by atoms with Gasteiger partial charge in [0.05, 0.1) is 5.92 Å². The van der Waals surface area contributed by atoms with Crippen LogP contribution in [-0.2, 0) is 14.3 Å². The molecule has 1 aromatic rings. The van der Waals surface area contributed by atoms with Crippen molar-refractivity contribution in [3.8, 4) is 0 Å². The molecule has 0 radical (unpaired) electrons. The molecule has 1 heterocycles. The summed E-state index contributed by atoms with van der Waals surface area (Å²) in [6, 6.07) is 0. The van der Waals surface area contributed by atoms with Crippen LogP contribution in [0.1, 0.15) is 62.3 Å². The maximum absolute atomic E-state index is 13.4. The highest BCUT2D eigenvalue weighted by Crippen LogP contribution is 2.83. The number of carboxylic acids is 2. The van der Waals surface area contributed by atoms with E-state index in [0.717, 1.165) is 0 Å². The molecule has 2 aliphatic carbocycles. The number of rotatable bonds is 5. The SMILES string of the molecule is CC(C)(C)OC(=O)N[C@@]1(C(=O)O)C(C(C)(C)C)[C@H](Sc2nnc[nH]2)[C@@H]2[C@@H](C(=O)O)[C@]21C(C)(C)C. The number of aromatic amines is 1. The molecule has 0 aliphatic heterocycles. The van der Waals surface area contributed by atoms with E-state index in [-0.39, 0.29) is 0 Å². The van der Waals surface area contributed by atoms with Crippen LogP contribution in [-0.4, -0.2) is 59.8 Å². The van der Waals surface area contributed by atoms with Crippen LogP contribution in [0, 0.1) is 34.0 Å². The standard InChI is InChI=1S/C23H36N4O6S/c1-19(2,3)14-13(34-17-24-10-25-27-17)11-12(15(28)29)22(11,20(4,5)6)23(14,16(30)31)26-18(32)33-21(7,8)9/h10-14H,1-9H3,(H,26,32)(H,28,29)(H,30,31)(H,24,25,27)/t11-,12-,13+,14?,22-,23+/m0/s1. The zero-order chi connectivity index (χ0) is 26.1. The van der Waals surface area contributed by atoms with Crippen molar-refractivity contribution in [2.75, 3.05) is 0 Å². The molecule has 2 fully saturated rings. The van der Waals surface area contributed by atoms with Gasteiger partial charge in [-0.05, 0) is 37.5 Å². The molecule has 2 aliphatic rings. The number of aliphatic carboxylic acids is 2. The Bertz CT molecular complexity index is 977. The molecule has 34 heavy (non-hydrogen) atoms. The Morgan fingerprint density at radius 1 is 1.09 bits per heavy atom. The molecule has 0 bridgehead atoms. The number of nitrogens with one attached hydrogen (secondary N) is 2. The monoisotopic (exact) mass is 496 g/mol. The maximum atomic E-state index is 13.4. The first-order chi connectivity index (χ1) is 15.3. The second kappa shape index (κ2) is 7.86. The van der Waals surface area contributed by atoms with Crippen molar-refractivity contribution in [3.05, 3.63) is 6.33 Å². The van der Waals surface area contributed by atoms with Crippen LogP contribution >= 0.6 is 11.8 Å². The lowest BCUT2D eigenvalue weighted by Gasteiger charge is -2.51. The van der Waals surface area contributed by atoms with Crippen LogP contribution in [0.25, 0.3) is 0 Å². The Balaban J connectivity index is 2.31. The first-order valence-corrected chi connectivity index (χ1v) is 12.2. The van der Waals surface area contributed by atoms with E-state index in [0.29, 0.717) is 5.16 Å². The highest BCUT2D eigenvalue weighted by atomic mass is 32.2.